The third-order valence-corrected chi connectivity index (χ3v) is 2.22. The van der Waals surface area contributed by atoms with Crippen molar-refractivity contribution in [2.75, 3.05) is 6.54 Å². The number of pyridine rings is 1. The smallest absolute Gasteiger partial charge is 0.113 e. The van der Waals surface area contributed by atoms with Gasteiger partial charge >= 0.3 is 0 Å². The van der Waals surface area contributed by atoms with Gasteiger partial charge in [-0.25, -0.2) is 4.98 Å². The van der Waals surface area contributed by atoms with Gasteiger partial charge in [0.25, 0.3) is 0 Å². The van der Waals surface area contributed by atoms with Crippen molar-refractivity contribution in [3.05, 3.63) is 35.1 Å². The molecule has 0 saturated heterocycles. The number of nitrogens with two attached hydrogens (primary N) is 1. The minimum Gasteiger partial charge on any atom is -0.330 e. The summed E-state index contributed by atoms with van der Waals surface area (Å²) in [5.41, 5.74) is 7.49. The van der Waals surface area contributed by atoms with Crippen molar-refractivity contribution in [2.45, 2.75) is 6.42 Å². The van der Waals surface area contributed by atoms with Crippen LogP contribution in [0.5, 0.6) is 0 Å². The van der Waals surface area contributed by atoms with Gasteiger partial charge in [-0.1, -0.05) is 12.6 Å². The molecular weight excluding hydrogens is 216 g/mol. The summed E-state index contributed by atoms with van der Waals surface area (Å²) < 4.78 is 0.837. The SMILES string of the molecule is C=C(CCN)c1cccnc1Br. The molecular formula is C9H11BrN2. The van der Waals surface area contributed by atoms with Gasteiger partial charge in [-0.15, -0.1) is 0 Å². The van der Waals surface area contributed by atoms with Crippen LogP contribution in [-0.4, -0.2) is 11.5 Å². The standard InChI is InChI=1S/C9H11BrN2/c1-7(4-5-11)8-3-2-6-12-9(8)10/h2-3,6H,1,4-5,11H2. The van der Waals surface area contributed by atoms with Gasteiger partial charge in [0, 0.05) is 11.8 Å². The lowest BCUT2D eigenvalue weighted by molar-refractivity contribution is 1.02. The average molecular weight is 227 g/mol. The number of rotatable bonds is 3. The molecule has 0 atom stereocenters. The fourth-order valence-electron chi connectivity index (χ4n) is 0.959. The number of aromatic nitrogens is 1. The summed E-state index contributed by atoms with van der Waals surface area (Å²) in [5.74, 6) is 0. The Kier molecular flexibility index (Phi) is 3.44. The van der Waals surface area contributed by atoms with Gasteiger partial charge in [0.2, 0.25) is 0 Å². The summed E-state index contributed by atoms with van der Waals surface area (Å²) in [6, 6.07) is 3.87. The summed E-state index contributed by atoms with van der Waals surface area (Å²) in [6.07, 6.45) is 2.55. The van der Waals surface area contributed by atoms with E-state index in [4.69, 9.17) is 5.73 Å². The predicted octanol–water partition coefficient (Wildman–Crippen LogP) is 2.21. The molecule has 2 N–H and O–H groups in total. The Hall–Kier alpha value is -0.670. The van der Waals surface area contributed by atoms with Crippen molar-refractivity contribution in [1.29, 1.82) is 0 Å². The first-order valence-corrected chi connectivity index (χ1v) is 4.53. The molecule has 0 aromatic carbocycles. The van der Waals surface area contributed by atoms with Crippen LogP contribution in [-0.2, 0) is 0 Å². The number of hydrogen-bond acceptors (Lipinski definition) is 2. The van der Waals surface area contributed by atoms with E-state index in [1.807, 2.05) is 12.1 Å². The predicted molar refractivity (Wildman–Crippen MR) is 54.6 cm³/mol. The van der Waals surface area contributed by atoms with Gasteiger partial charge < -0.3 is 5.73 Å². The van der Waals surface area contributed by atoms with E-state index in [9.17, 15) is 0 Å². The minimum absolute atomic E-state index is 0.625. The summed E-state index contributed by atoms with van der Waals surface area (Å²) >= 11 is 3.35. The van der Waals surface area contributed by atoms with Crippen molar-refractivity contribution in [2.24, 2.45) is 5.73 Å². The molecule has 0 amide bonds. The van der Waals surface area contributed by atoms with Crippen molar-refractivity contribution in [3.8, 4) is 0 Å². The Morgan fingerprint density at radius 3 is 3.00 bits per heavy atom. The fraction of sp³-hybridized carbons (Fsp3) is 0.222. The zero-order valence-electron chi connectivity index (χ0n) is 6.76. The first-order chi connectivity index (χ1) is 5.75. The Morgan fingerprint density at radius 1 is 1.67 bits per heavy atom. The molecule has 1 aromatic rings. The first-order valence-electron chi connectivity index (χ1n) is 3.74. The maximum Gasteiger partial charge on any atom is 0.113 e. The molecule has 0 radical (unpaired) electrons. The van der Waals surface area contributed by atoms with Crippen molar-refractivity contribution >= 4 is 21.5 Å². The second kappa shape index (κ2) is 4.38. The highest BCUT2D eigenvalue weighted by Gasteiger charge is 2.02. The second-order valence-electron chi connectivity index (χ2n) is 2.48. The molecule has 0 aliphatic heterocycles. The monoisotopic (exact) mass is 226 g/mol. The van der Waals surface area contributed by atoms with Crippen LogP contribution in [0.2, 0.25) is 0 Å². The van der Waals surface area contributed by atoms with Crippen molar-refractivity contribution < 1.29 is 0 Å². The van der Waals surface area contributed by atoms with Gasteiger partial charge in [0.05, 0.1) is 0 Å². The van der Waals surface area contributed by atoms with Gasteiger partial charge in [0.15, 0.2) is 0 Å². The summed E-state index contributed by atoms with van der Waals surface area (Å²) in [5, 5.41) is 0. The van der Waals surface area contributed by atoms with E-state index < -0.39 is 0 Å². The number of hydrogen-bond donors (Lipinski definition) is 1. The lowest BCUT2D eigenvalue weighted by atomic mass is 10.1. The summed E-state index contributed by atoms with van der Waals surface area (Å²) in [4.78, 5) is 4.10. The third kappa shape index (κ3) is 2.16. The van der Waals surface area contributed by atoms with Crippen LogP contribution in [0.15, 0.2) is 29.5 Å². The molecule has 0 spiro atoms. The highest BCUT2D eigenvalue weighted by Crippen LogP contribution is 2.22. The molecule has 0 aliphatic carbocycles. The van der Waals surface area contributed by atoms with E-state index in [1.54, 1.807) is 6.20 Å². The molecule has 64 valence electrons. The number of halogens is 1. The number of nitrogens with zero attached hydrogens (tertiary/aromatic N) is 1. The maximum atomic E-state index is 5.42. The fourth-order valence-corrected chi connectivity index (χ4v) is 1.49. The molecule has 3 heteroatoms. The molecule has 0 bridgehead atoms. The first kappa shape index (κ1) is 9.42. The van der Waals surface area contributed by atoms with Crippen LogP contribution in [0.25, 0.3) is 5.57 Å². The summed E-state index contributed by atoms with van der Waals surface area (Å²) in [7, 11) is 0. The summed E-state index contributed by atoms with van der Waals surface area (Å²) in [6.45, 7) is 4.55. The van der Waals surface area contributed by atoms with Crippen molar-refractivity contribution in [1.82, 2.24) is 4.98 Å². The Bertz CT molecular complexity index is 284. The molecule has 1 aromatic heterocycles. The minimum atomic E-state index is 0.625. The molecule has 0 aliphatic rings. The molecule has 0 saturated carbocycles. The lowest BCUT2D eigenvalue weighted by Crippen LogP contribution is -1.99. The van der Waals surface area contributed by atoms with Crippen LogP contribution in [0, 0.1) is 0 Å². The topological polar surface area (TPSA) is 38.9 Å². The molecule has 0 unspecified atom stereocenters. The Balaban J connectivity index is 2.87. The zero-order chi connectivity index (χ0) is 8.97. The van der Waals surface area contributed by atoms with Crippen LogP contribution >= 0.6 is 15.9 Å². The van der Waals surface area contributed by atoms with Gasteiger partial charge in [-0.05, 0) is 40.5 Å². The van der Waals surface area contributed by atoms with E-state index in [0.29, 0.717) is 6.54 Å². The molecule has 2 nitrogen and oxygen atoms in total. The van der Waals surface area contributed by atoms with Gasteiger partial charge in [-0.3, -0.25) is 0 Å². The second-order valence-corrected chi connectivity index (χ2v) is 3.24. The van der Waals surface area contributed by atoms with E-state index in [-0.39, 0.29) is 0 Å². The van der Waals surface area contributed by atoms with E-state index >= 15 is 0 Å². The average Bonchev–Trinajstić information content (AvgIpc) is 2.05. The Labute approximate surface area is 80.6 Å². The lowest BCUT2D eigenvalue weighted by Gasteiger charge is -2.04. The normalized spacial score (nSPS) is 9.83. The molecule has 1 heterocycles. The van der Waals surface area contributed by atoms with E-state index in [0.717, 1.165) is 22.2 Å². The van der Waals surface area contributed by atoms with Crippen LogP contribution in [0.4, 0.5) is 0 Å². The molecule has 12 heavy (non-hydrogen) atoms. The van der Waals surface area contributed by atoms with Crippen LogP contribution in [0.1, 0.15) is 12.0 Å². The maximum absolute atomic E-state index is 5.42. The van der Waals surface area contributed by atoms with Crippen LogP contribution < -0.4 is 5.73 Å². The van der Waals surface area contributed by atoms with Gasteiger partial charge in [0.1, 0.15) is 4.60 Å². The van der Waals surface area contributed by atoms with Crippen LogP contribution in [0.3, 0.4) is 0 Å². The highest BCUT2D eigenvalue weighted by molar-refractivity contribution is 9.10. The highest BCUT2D eigenvalue weighted by atomic mass is 79.9. The largest absolute Gasteiger partial charge is 0.330 e. The quantitative estimate of drug-likeness (QED) is 0.804. The third-order valence-electron chi connectivity index (χ3n) is 1.59. The van der Waals surface area contributed by atoms with Gasteiger partial charge in [-0.2, -0.15) is 0 Å². The Morgan fingerprint density at radius 2 is 2.42 bits per heavy atom. The molecule has 1 rings (SSSR count). The zero-order valence-corrected chi connectivity index (χ0v) is 8.34. The van der Waals surface area contributed by atoms with Crippen molar-refractivity contribution in [3.63, 3.8) is 0 Å². The van der Waals surface area contributed by atoms with E-state index in [1.165, 1.54) is 0 Å². The van der Waals surface area contributed by atoms with E-state index in [2.05, 4.69) is 27.5 Å². The molecule has 0 fully saturated rings.